The van der Waals surface area contributed by atoms with E-state index in [1.165, 1.54) is 30.4 Å². The largest absolute Gasteiger partial charge is 0.493 e. The van der Waals surface area contributed by atoms with Crippen LogP contribution in [0.1, 0.15) is 56.1 Å². The average Bonchev–Trinajstić information content (AvgIpc) is 2.88. The van der Waals surface area contributed by atoms with Gasteiger partial charge < -0.3 is 14.6 Å². The number of fused-ring (bicyclic) bond motifs is 5. The highest BCUT2D eigenvalue weighted by molar-refractivity contribution is 5.50. The van der Waals surface area contributed by atoms with Crippen molar-refractivity contribution in [1.29, 1.82) is 0 Å². The minimum atomic E-state index is -0.0970. The Bertz CT molecular complexity index is 611. The van der Waals surface area contributed by atoms with Gasteiger partial charge in [0.25, 0.3) is 0 Å². The Labute approximate surface area is 139 Å². The molecule has 4 rings (SSSR count). The van der Waals surface area contributed by atoms with Gasteiger partial charge in [-0.2, -0.15) is 0 Å². The molecule has 0 spiro atoms. The maximum absolute atomic E-state index is 10.5. The fourth-order valence-electron chi connectivity index (χ4n) is 5.87. The molecule has 0 unspecified atom stereocenters. The number of ether oxygens (including phenoxy) is 2. The first kappa shape index (κ1) is 15.3. The number of aryl methyl sites for hydroxylation is 1. The summed E-state index contributed by atoms with van der Waals surface area (Å²) in [5.41, 5.74) is 3.06. The van der Waals surface area contributed by atoms with Crippen LogP contribution in [0.4, 0.5) is 0 Å². The third-order valence-electron chi connectivity index (χ3n) is 7.18. The van der Waals surface area contributed by atoms with Crippen molar-refractivity contribution >= 4 is 0 Å². The molecule has 2 saturated carbocycles. The van der Waals surface area contributed by atoms with Crippen LogP contribution in [0, 0.1) is 17.3 Å². The SMILES string of the molecule is COc1cc2c(cc1OC)[C@@H]1CC[C@@]3(C)[C@H](O)CC[C@@H]3[C@H]1CC2. The van der Waals surface area contributed by atoms with Gasteiger partial charge in [-0.25, -0.2) is 0 Å². The van der Waals surface area contributed by atoms with Crippen LogP contribution in [0.5, 0.6) is 11.5 Å². The van der Waals surface area contributed by atoms with Crippen molar-refractivity contribution in [1.82, 2.24) is 0 Å². The van der Waals surface area contributed by atoms with Gasteiger partial charge in [0.1, 0.15) is 0 Å². The van der Waals surface area contributed by atoms with E-state index >= 15 is 0 Å². The standard InChI is InChI=1S/C20H28O3/c1-20-9-8-13-14(16(20)6-7-19(20)21)5-4-12-10-17(22-2)18(23-3)11-15(12)13/h10-11,13-14,16,19,21H,4-9H2,1-3H3/t13-,14+,16-,19-,20-/m1/s1. The molecule has 0 radical (unpaired) electrons. The van der Waals surface area contributed by atoms with Crippen LogP contribution in [0.25, 0.3) is 0 Å². The van der Waals surface area contributed by atoms with Gasteiger partial charge in [-0.1, -0.05) is 6.92 Å². The topological polar surface area (TPSA) is 38.7 Å². The first-order valence-electron chi connectivity index (χ1n) is 9.01. The highest BCUT2D eigenvalue weighted by atomic mass is 16.5. The van der Waals surface area contributed by atoms with E-state index in [1.807, 2.05) is 0 Å². The lowest BCUT2D eigenvalue weighted by atomic mass is 9.55. The molecule has 1 aromatic carbocycles. The second kappa shape index (κ2) is 5.41. The number of hydrogen-bond acceptors (Lipinski definition) is 3. The molecular weight excluding hydrogens is 288 g/mol. The fraction of sp³-hybridized carbons (Fsp3) is 0.700. The Morgan fingerprint density at radius 1 is 1.04 bits per heavy atom. The quantitative estimate of drug-likeness (QED) is 0.899. The summed E-state index contributed by atoms with van der Waals surface area (Å²) < 4.78 is 11.0. The molecular formula is C20H28O3. The Morgan fingerprint density at radius 3 is 2.52 bits per heavy atom. The van der Waals surface area contributed by atoms with Crippen molar-refractivity contribution < 1.29 is 14.6 Å². The number of aliphatic hydroxyl groups is 1. The second-order valence-electron chi connectivity index (χ2n) is 7.96. The maximum atomic E-state index is 10.5. The lowest BCUT2D eigenvalue weighted by Gasteiger charge is -2.50. The van der Waals surface area contributed by atoms with Gasteiger partial charge in [-0.3, -0.25) is 0 Å². The first-order valence-corrected chi connectivity index (χ1v) is 9.01. The molecule has 1 N–H and O–H groups in total. The molecule has 5 atom stereocenters. The molecule has 0 heterocycles. The van der Waals surface area contributed by atoms with Gasteiger partial charge in [0.05, 0.1) is 20.3 Å². The van der Waals surface area contributed by atoms with Crippen molar-refractivity contribution in [2.75, 3.05) is 14.2 Å². The number of rotatable bonds is 2. The summed E-state index contributed by atoms with van der Waals surface area (Å²) in [6.45, 7) is 2.33. The summed E-state index contributed by atoms with van der Waals surface area (Å²) in [4.78, 5) is 0. The van der Waals surface area contributed by atoms with Gasteiger partial charge >= 0.3 is 0 Å². The normalized spacial score (nSPS) is 38.4. The third-order valence-corrected chi connectivity index (χ3v) is 7.18. The van der Waals surface area contributed by atoms with Crippen LogP contribution in [0.3, 0.4) is 0 Å². The van der Waals surface area contributed by atoms with E-state index in [0.717, 1.165) is 36.7 Å². The molecule has 1 aromatic rings. The predicted molar refractivity (Wildman–Crippen MR) is 90.2 cm³/mol. The van der Waals surface area contributed by atoms with E-state index in [1.54, 1.807) is 14.2 Å². The highest BCUT2D eigenvalue weighted by Crippen LogP contribution is 2.61. The zero-order valence-corrected chi connectivity index (χ0v) is 14.5. The Kier molecular flexibility index (Phi) is 3.60. The molecule has 0 aromatic heterocycles. The van der Waals surface area contributed by atoms with Crippen LogP contribution in [0.2, 0.25) is 0 Å². The van der Waals surface area contributed by atoms with E-state index in [4.69, 9.17) is 9.47 Å². The van der Waals surface area contributed by atoms with Gasteiger partial charge in [-0.15, -0.1) is 0 Å². The molecule has 0 amide bonds. The van der Waals surface area contributed by atoms with Crippen LogP contribution in [0.15, 0.2) is 12.1 Å². The smallest absolute Gasteiger partial charge is 0.161 e. The van der Waals surface area contributed by atoms with Crippen molar-refractivity contribution in [3.63, 3.8) is 0 Å². The number of methoxy groups -OCH3 is 2. The van der Waals surface area contributed by atoms with E-state index < -0.39 is 0 Å². The van der Waals surface area contributed by atoms with Crippen molar-refractivity contribution in [2.24, 2.45) is 17.3 Å². The third kappa shape index (κ3) is 2.12. The van der Waals surface area contributed by atoms with Crippen LogP contribution >= 0.6 is 0 Å². The highest BCUT2D eigenvalue weighted by Gasteiger charge is 2.54. The number of hydrogen-bond donors (Lipinski definition) is 1. The second-order valence-corrected chi connectivity index (χ2v) is 7.96. The van der Waals surface area contributed by atoms with Crippen molar-refractivity contribution in [3.8, 4) is 11.5 Å². The van der Waals surface area contributed by atoms with Gasteiger partial charge in [0.15, 0.2) is 11.5 Å². The zero-order chi connectivity index (χ0) is 16.2. The molecule has 3 aliphatic rings. The molecule has 0 bridgehead atoms. The minimum absolute atomic E-state index is 0.0970. The molecule has 3 nitrogen and oxygen atoms in total. The van der Waals surface area contributed by atoms with Gasteiger partial charge in [0, 0.05) is 0 Å². The van der Waals surface area contributed by atoms with Crippen LogP contribution < -0.4 is 9.47 Å². The van der Waals surface area contributed by atoms with Crippen molar-refractivity contribution in [3.05, 3.63) is 23.3 Å². The summed E-state index contributed by atoms with van der Waals surface area (Å²) in [6, 6.07) is 4.40. The Hall–Kier alpha value is -1.22. The minimum Gasteiger partial charge on any atom is -0.493 e. The average molecular weight is 316 g/mol. The molecule has 2 fully saturated rings. The molecule has 0 saturated heterocycles. The Morgan fingerprint density at radius 2 is 1.78 bits per heavy atom. The number of aliphatic hydroxyl groups excluding tert-OH is 1. The molecule has 3 aliphatic carbocycles. The number of benzene rings is 1. The van der Waals surface area contributed by atoms with Gasteiger partial charge in [-0.05, 0) is 85.0 Å². The van der Waals surface area contributed by atoms with E-state index in [9.17, 15) is 5.11 Å². The van der Waals surface area contributed by atoms with E-state index in [-0.39, 0.29) is 11.5 Å². The van der Waals surface area contributed by atoms with Crippen molar-refractivity contribution in [2.45, 2.75) is 57.5 Å². The van der Waals surface area contributed by atoms with Gasteiger partial charge in [0.2, 0.25) is 0 Å². The zero-order valence-electron chi connectivity index (χ0n) is 14.5. The van der Waals surface area contributed by atoms with Crippen LogP contribution in [-0.2, 0) is 6.42 Å². The van der Waals surface area contributed by atoms with E-state index in [2.05, 4.69) is 19.1 Å². The Balaban J connectivity index is 1.72. The maximum Gasteiger partial charge on any atom is 0.161 e. The van der Waals surface area contributed by atoms with E-state index in [0.29, 0.717) is 11.8 Å². The monoisotopic (exact) mass is 316 g/mol. The summed E-state index contributed by atoms with van der Waals surface area (Å²) in [6.07, 6.45) is 6.80. The molecule has 3 heteroatoms. The first-order chi connectivity index (χ1) is 11.1. The lowest BCUT2D eigenvalue weighted by Crippen LogP contribution is -2.43. The summed E-state index contributed by atoms with van der Waals surface area (Å²) in [7, 11) is 3.43. The summed E-state index contributed by atoms with van der Waals surface area (Å²) in [5, 5.41) is 10.5. The fourth-order valence-corrected chi connectivity index (χ4v) is 5.87. The lowest BCUT2D eigenvalue weighted by molar-refractivity contribution is -0.0226. The summed E-state index contributed by atoms with van der Waals surface area (Å²) >= 11 is 0. The molecule has 23 heavy (non-hydrogen) atoms. The molecule has 0 aliphatic heterocycles. The summed E-state index contributed by atoms with van der Waals surface area (Å²) in [5.74, 6) is 3.73. The van der Waals surface area contributed by atoms with Crippen LogP contribution in [-0.4, -0.2) is 25.4 Å². The molecule has 126 valence electrons. The predicted octanol–water partition coefficient (Wildman–Crippen LogP) is 3.92.